The molecule has 98 valence electrons. The Morgan fingerprint density at radius 1 is 1.11 bits per heavy atom. The minimum absolute atomic E-state index is 0.683. The van der Waals surface area contributed by atoms with Gasteiger partial charge in [0, 0.05) is 18.3 Å². The summed E-state index contributed by atoms with van der Waals surface area (Å²) in [7, 11) is 0. The monoisotopic (exact) mass is 288 g/mol. The zero-order valence-corrected chi connectivity index (χ0v) is 12.2. The van der Waals surface area contributed by atoms with Crippen molar-refractivity contribution in [2.75, 3.05) is 6.54 Å². The average Bonchev–Trinajstić information content (AvgIpc) is 2.45. The molecule has 1 heterocycles. The lowest BCUT2D eigenvalue weighted by atomic mass is 10.1. The van der Waals surface area contributed by atoms with Gasteiger partial charge in [0.05, 0.1) is 0 Å². The summed E-state index contributed by atoms with van der Waals surface area (Å²) in [6, 6.07) is 14.3. The quantitative estimate of drug-likeness (QED) is 0.650. The topological polar surface area (TPSA) is 27.8 Å². The van der Waals surface area contributed by atoms with E-state index in [2.05, 4.69) is 34.6 Å². The Hall–Kier alpha value is -1.52. The van der Waals surface area contributed by atoms with Gasteiger partial charge >= 0.3 is 0 Å². The van der Waals surface area contributed by atoms with Crippen LogP contribution in [0.4, 0.5) is 0 Å². The molecular formula is C15H16N2S2. The fraction of sp³-hybridized carbons (Fsp3) is 0.200. The number of hydrogen-bond acceptors (Lipinski definition) is 2. The molecule has 1 aromatic heterocycles. The maximum absolute atomic E-state index is 5.34. The van der Waals surface area contributed by atoms with E-state index >= 15 is 0 Å². The van der Waals surface area contributed by atoms with Crippen molar-refractivity contribution in [3.8, 4) is 0 Å². The van der Waals surface area contributed by atoms with E-state index in [9.17, 15) is 0 Å². The van der Waals surface area contributed by atoms with E-state index in [1.165, 1.54) is 5.56 Å². The summed E-state index contributed by atoms with van der Waals surface area (Å²) in [6.07, 6.45) is 3.91. The number of benzene rings is 1. The third-order valence-corrected chi connectivity index (χ3v) is 3.54. The number of hydrogen-bond donors (Lipinski definition) is 2. The van der Waals surface area contributed by atoms with Gasteiger partial charge in [0.15, 0.2) is 0 Å². The van der Waals surface area contributed by atoms with Crippen LogP contribution in [0, 0.1) is 4.64 Å². The fourth-order valence-electron chi connectivity index (χ4n) is 1.83. The molecule has 2 aromatic rings. The van der Waals surface area contributed by atoms with Crippen molar-refractivity contribution in [3.05, 3.63) is 64.4 Å². The smallest absolute Gasteiger partial charge is 0.113 e. The van der Waals surface area contributed by atoms with E-state index in [4.69, 9.17) is 24.4 Å². The molecule has 0 atom stereocenters. The minimum atomic E-state index is 0.683. The second-order valence-corrected chi connectivity index (χ2v) is 5.07. The molecule has 0 aliphatic rings. The van der Waals surface area contributed by atoms with E-state index < -0.39 is 0 Å². The Labute approximate surface area is 123 Å². The van der Waals surface area contributed by atoms with Crippen LogP contribution in [0.1, 0.15) is 17.5 Å². The summed E-state index contributed by atoms with van der Waals surface area (Å²) in [5.41, 5.74) is 2.25. The van der Waals surface area contributed by atoms with Crippen molar-refractivity contribution in [2.24, 2.45) is 0 Å². The molecule has 0 amide bonds. The molecule has 0 radical (unpaired) electrons. The lowest BCUT2D eigenvalue weighted by molar-refractivity contribution is 0.778. The van der Waals surface area contributed by atoms with Crippen molar-refractivity contribution in [1.82, 2.24) is 10.3 Å². The molecule has 0 saturated heterocycles. The lowest BCUT2D eigenvalue weighted by Gasteiger charge is -2.08. The Bertz CT molecular complexity index is 590. The molecule has 0 saturated carbocycles. The van der Waals surface area contributed by atoms with Gasteiger partial charge in [-0.25, -0.2) is 0 Å². The first-order valence-electron chi connectivity index (χ1n) is 6.27. The van der Waals surface area contributed by atoms with Gasteiger partial charge in [-0.15, -0.1) is 0 Å². The number of H-pyrrole nitrogens is 1. The largest absolute Gasteiger partial charge is 0.376 e. The zero-order valence-electron chi connectivity index (χ0n) is 10.6. The van der Waals surface area contributed by atoms with Gasteiger partial charge in [-0.3, -0.25) is 0 Å². The first kappa shape index (κ1) is 13.9. The Morgan fingerprint density at radius 2 is 1.89 bits per heavy atom. The van der Waals surface area contributed by atoms with Crippen LogP contribution in [0.3, 0.4) is 0 Å². The molecule has 4 heteroatoms. The van der Waals surface area contributed by atoms with E-state index in [0.717, 1.165) is 29.9 Å². The molecule has 0 aliphatic heterocycles. The second-order valence-electron chi connectivity index (χ2n) is 4.26. The number of pyridine rings is 1. The summed E-state index contributed by atoms with van der Waals surface area (Å²) < 4.78 is 0.683. The van der Waals surface area contributed by atoms with E-state index in [0.29, 0.717) is 4.64 Å². The molecule has 0 fully saturated rings. The fourth-order valence-corrected chi connectivity index (χ4v) is 2.41. The lowest BCUT2D eigenvalue weighted by Crippen LogP contribution is -2.24. The van der Waals surface area contributed by atoms with Crippen LogP contribution in [-0.4, -0.2) is 16.5 Å². The zero-order chi connectivity index (χ0) is 13.5. The van der Waals surface area contributed by atoms with Crippen molar-refractivity contribution in [3.63, 3.8) is 0 Å². The van der Waals surface area contributed by atoms with E-state index in [1.54, 1.807) is 0 Å². The molecule has 0 aliphatic carbocycles. The summed E-state index contributed by atoms with van der Waals surface area (Å²) >= 11 is 10.5. The summed E-state index contributed by atoms with van der Waals surface area (Å²) in [5, 5.41) is 3.25. The van der Waals surface area contributed by atoms with E-state index in [-0.39, 0.29) is 0 Å². The summed E-state index contributed by atoms with van der Waals surface area (Å²) in [4.78, 5) is 3.70. The number of aromatic nitrogens is 1. The molecule has 0 spiro atoms. The number of aryl methyl sites for hydroxylation is 1. The maximum atomic E-state index is 5.34. The van der Waals surface area contributed by atoms with Crippen LogP contribution >= 0.6 is 24.4 Å². The maximum Gasteiger partial charge on any atom is 0.113 e. The summed E-state index contributed by atoms with van der Waals surface area (Å²) in [5.74, 6) is 0. The number of thiocarbonyl (C=S) groups is 1. The van der Waals surface area contributed by atoms with Gasteiger partial charge < -0.3 is 10.3 Å². The summed E-state index contributed by atoms with van der Waals surface area (Å²) in [6.45, 7) is 0.859. The highest BCUT2D eigenvalue weighted by Gasteiger charge is 2.01. The number of rotatable bonds is 5. The molecule has 2 nitrogen and oxygen atoms in total. The molecule has 19 heavy (non-hydrogen) atoms. The van der Waals surface area contributed by atoms with Crippen molar-refractivity contribution < 1.29 is 0 Å². The Morgan fingerprint density at radius 3 is 2.63 bits per heavy atom. The predicted molar refractivity (Wildman–Crippen MR) is 86.1 cm³/mol. The van der Waals surface area contributed by atoms with Gasteiger partial charge in [0.25, 0.3) is 0 Å². The third-order valence-electron chi connectivity index (χ3n) is 2.83. The van der Waals surface area contributed by atoms with Gasteiger partial charge in [0.2, 0.25) is 0 Å². The first-order chi connectivity index (χ1) is 9.27. The van der Waals surface area contributed by atoms with Crippen LogP contribution in [0.5, 0.6) is 0 Å². The van der Waals surface area contributed by atoms with Gasteiger partial charge in [-0.05, 0) is 30.5 Å². The van der Waals surface area contributed by atoms with Crippen molar-refractivity contribution >= 4 is 29.4 Å². The highest BCUT2D eigenvalue weighted by atomic mass is 32.1. The number of aromatic amines is 1. The standard InChI is InChI=1S/C15H16N2S2/c18-14(13-9-5-11-17-15(13)19)16-10-4-8-12-6-2-1-3-7-12/h1-3,5-7,9,11H,4,8,10H2,(H,16,18)(H,17,19). The highest BCUT2D eigenvalue weighted by Crippen LogP contribution is 2.03. The van der Waals surface area contributed by atoms with Crippen LogP contribution in [0.15, 0.2) is 48.7 Å². The predicted octanol–water partition coefficient (Wildman–Crippen LogP) is 3.64. The highest BCUT2D eigenvalue weighted by molar-refractivity contribution is 7.80. The molecule has 2 N–H and O–H groups in total. The van der Waals surface area contributed by atoms with Crippen LogP contribution in [0.25, 0.3) is 0 Å². The van der Waals surface area contributed by atoms with Crippen LogP contribution < -0.4 is 5.32 Å². The molecule has 0 unspecified atom stereocenters. The minimum Gasteiger partial charge on any atom is -0.376 e. The SMILES string of the molecule is S=C(NCCCc1ccccc1)c1ccc[nH]c1=S. The van der Waals surface area contributed by atoms with Crippen molar-refractivity contribution in [1.29, 1.82) is 0 Å². The average molecular weight is 288 g/mol. The molecular weight excluding hydrogens is 272 g/mol. The van der Waals surface area contributed by atoms with Crippen LogP contribution in [-0.2, 0) is 6.42 Å². The van der Waals surface area contributed by atoms with Crippen molar-refractivity contribution in [2.45, 2.75) is 12.8 Å². The van der Waals surface area contributed by atoms with E-state index in [1.807, 2.05) is 24.4 Å². The molecule has 1 aromatic carbocycles. The third kappa shape index (κ3) is 4.26. The van der Waals surface area contributed by atoms with Gasteiger partial charge in [0.1, 0.15) is 9.63 Å². The van der Waals surface area contributed by atoms with Crippen LogP contribution in [0.2, 0.25) is 0 Å². The Balaban J connectivity index is 1.79. The Kier molecular flexibility index (Phi) is 5.24. The van der Waals surface area contributed by atoms with Gasteiger partial charge in [-0.2, -0.15) is 0 Å². The normalized spacial score (nSPS) is 10.1. The second kappa shape index (κ2) is 7.16. The number of nitrogens with one attached hydrogen (secondary N) is 2. The van der Waals surface area contributed by atoms with Gasteiger partial charge in [-0.1, -0.05) is 54.8 Å². The molecule has 0 bridgehead atoms. The molecule has 2 rings (SSSR count). The first-order valence-corrected chi connectivity index (χ1v) is 7.09.